The first-order chi connectivity index (χ1) is 10.7. The van der Waals surface area contributed by atoms with Crippen molar-refractivity contribution in [3.05, 3.63) is 40.9 Å². The molecule has 0 aliphatic heterocycles. The number of aromatic carboxylic acids is 1. The minimum atomic E-state index is -1.02. The van der Waals surface area contributed by atoms with Gasteiger partial charge < -0.3 is 9.84 Å². The molecule has 2 rings (SSSR count). The largest absolute Gasteiger partial charge is 0.478 e. The van der Waals surface area contributed by atoms with Gasteiger partial charge in [-0.3, -0.25) is 0 Å². The summed E-state index contributed by atoms with van der Waals surface area (Å²) in [5, 5.41) is 11.3. The number of benzene rings is 1. The summed E-state index contributed by atoms with van der Waals surface area (Å²) < 4.78 is 5.43. The van der Waals surface area contributed by atoms with Gasteiger partial charge in [-0.15, -0.1) is 11.3 Å². The Morgan fingerprint density at radius 2 is 1.83 bits per heavy atom. The molecule has 0 aliphatic carbocycles. The lowest BCUT2D eigenvalue weighted by Gasteiger charge is -2.25. The number of carbonyl (C=O) groups is 2. The third kappa shape index (κ3) is 4.29. The van der Waals surface area contributed by atoms with Gasteiger partial charge in [-0.25, -0.2) is 19.5 Å². The normalized spacial score (nSPS) is 11.1. The van der Waals surface area contributed by atoms with E-state index in [0.29, 0.717) is 10.8 Å². The highest BCUT2D eigenvalue weighted by molar-refractivity contribution is 7.14. The Bertz CT molecular complexity index is 716. The second kappa shape index (κ2) is 6.37. The van der Waals surface area contributed by atoms with Gasteiger partial charge in [0.1, 0.15) is 5.60 Å². The summed E-state index contributed by atoms with van der Waals surface area (Å²) in [5.74, 6) is -1.02. The number of hydrogen-bond donors (Lipinski definition) is 1. The van der Waals surface area contributed by atoms with E-state index in [4.69, 9.17) is 9.84 Å². The maximum Gasteiger partial charge on any atom is 0.421 e. The molecule has 1 N–H and O–H groups in total. The van der Waals surface area contributed by atoms with E-state index < -0.39 is 17.7 Å². The van der Waals surface area contributed by atoms with Crippen molar-refractivity contribution in [3.63, 3.8) is 0 Å². The predicted octanol–water partition coefficient (Wildman–Crippen LogP) is 4.22. The molecule has 1 aromatic heterocycles. The summed E-state index contributed by atoms with van der Waals surface area (Å²) in [7, 11) is 0. The molecular weight excluding hydrogens is 316 g/mol. The number of hydrogen-bond acceptors (Lipinski definition) is 5. The summed E-state index contributed by atoms with van der Waals surface area (Å²) in [6, 6.07) is 6.00. The van der Waals surface area contributed by atoms with Crippen LogP contribution in [0.1, 0.15) is 36.8 Å². The molecule has 0 saturated carbocycles. The van der Waals surface area contributed by atoms with Crippen molar-refractivity contribution in [1.82, 2.24) is 4.98 Å². The first-order valence-corrected chi connectivity index (χ1v) is 7.84. The van der Waals surface area contributed by atoms with Crippen molar-refractivity contribution in [1.29, 1.82) is 0 Å². The Balaban J connectivity index is 2.41. The Hall–Kier alpha value is -2.41. The molecule has 0 aliphatic rings. The quantitative estimate of drug-likeness (QED) is 0.909. The molecule has 122 valence electrons. The van der Waals surface area contributed by atoms with Crippen LogP contribution in [0, 0.1) is 6.92 Å². The minimum absolute atomic E-state index is 0.146. The highest BCUT2D eigenvalue weighted by atomic mass is 32.1. The van der Waals surface area contributed by atoms with Crippen LogP contribution >= 0.6 is 11.3 Å². The zero-order valence-electron chi connectivity index (χ0n) is 13.4. The van der Waals surface area contributed by atoms with Gasteiger partial charge in [0, 0.05) is 5.38 Å². The standard InChI is InChI=1S/C16H18N2O4S/c1-10-9-23-14(17-10)18(15(21)22-16(2,3)4)12-7-5-11(6-8-12)13(19)20/h5-9H,1-4H3,(H,19,20). The van der Waals surface area contributed by atoms with Crippen molar-refractivity contribution < 1.29 is 19.4 Å². The van der Waals surface area contributed by atoms with E-state index in [1.54, 1.807) is 32.9 Å². The van der Waals surface area contributed by atoms with E-state index in [-0.39, 0.29) is 5.56 Å². The molecule has 2 aromatic rings. The van der Waals surface area contributed by atoms with Gasteiger partial charge in [-0.2, -0.15) is 0 Å². The first-order valence-electron chi connectivity index (χ1n) is 6.96. The van der Waals surface area contributed by atoms with E-state index in [1.807, 2.05) is 12.3 Å². The fourth-order valence-corrected chi connectivity index (χ4v) is 2.61. The van der Waals surface area contributed by atoms with Crippen LogP contribution in [0.5, 0.6) is 0 Å². The fraction of sp³-hybridized carbons (Fsp3) is 0.312. The molecular formula is C16H18N2O4S. The number of ether oxygens (including phenoxy) is 1. The van der Waals surface area contributed by atoms with Crippen LogP contribution < -0.4 is 4.90 Å². The molecule has 6 nitrogen and oxygen atoms in total. The van der Waals surface area contributed by atoms with E-state index in [0.717, 1.165) is 5.69 Å². The van der Waals surface area contributed by atoms with Crippen LogP contribution in [-0.4, -0.2) is 27.8 Å². The lowest BCUT2D eigenvalue weighted by Crippen LogP contribution is -2.33. The van der Waals surface area contributed by atoms with Crippen LogP contribution in [0.4, 0.5) is 15.6 Å². The topological polar surface area (TPSA) is 79.7 Å². The first kappa shape index (κ1) is 17.0. The lowest BCUT2D eigenvalue weighted by molar-refractivity contribution is 0.0598. The zero-order chi connectivity index (χ0) is 17.2. The molecule has 1 amide bonds. The lowest BCUT2D eigenvalue weighted by atomic mass is 10.2. The Labute approximate surface area is 138 Å². The van der Waals surface area contributed by atoms with Crippen molar-refractivity contribution in [2.75, 3.05) is 4.90 Å². The fourth-order valence-electron chi connectivity index (χ4n) is 1.80. The van der Waals surface area contributed by atoms with Crippen LogP contribution in [0.2, 0.25) is 0 Å². The highest BCUT2D eigenvalue weighted by Crippen LogP contribution is 2.30. The average Bonchev–Trinajstić information content (AvgIpc) is 2.84. The molecule has 1 heterocycles. The van der Waals surface area contributed by atoms with Gasteiger partial charge in [0.25, 0.3) is 0 Å². The van der Waals surface area contributed by atoms with Gasteiger partial charge in [0.15, 0.2) is 5.13 Å². The molecule has 0 fully saturated rings. The molecule has 0 spiro atoms. The number of rotatable bonds is 3. The molecule has 0 atom stereocenters. The van der Waals surface area contributed by atoms with Crippen LogP contribution in [0.15, 0.2) is 29.6 Å². The van der Waals surface area contributed by atoms with E-state index in [2.05, 4.69) is 4.98 Å². The third-order valence-electron chi connectivity index (χ3n) is 2.75. The van der Waals surface area contributed by atoms with Gasteiger partial charge >= 0.3 is 12.1 Å². The van der Waals surface area contributed by atoms with Crippen molar-refractivity contribution in [2.24, 2.45) is 0 Å². The molecule has 7 heteroatoms. The van der Waals surface area contributed by atoms with Crippen LogP contribution in [0.25, 0.3) is 0 Å². The van der Waals surface area contributed by atoms with Crippen LogP contribution in [-0.2, 0) is 4.74 Å². The summed E-state index contributed by atoms with van der Waals surface area (Å²) in [4.78, 5) is 29.2. The average molecular weight is 334 g/mol. The number of carboxylic acids is 1. The van der Waals surface area contributed by atoms with E-state index in [9.17, 15) is 9.59 Å². The van der Waals surface area contributed by atoms with Gasteiger partial charge in [0.2, 0.25) is 0 Å². The Morgan fingerprint density at radius 3 is 2.26 bits per heavy atom. The summed E-state index contributed by atoms with van der Waals surface area (Å²) in [6.07, 6.45) is -0.560. The van der Waals surface area contributed by atoms with E-state index >= 15 is 0 Å². The number of amides is 1. The number of nitrogens with zero attached hydrogens (tertiary/aromatic N) is 2. The van der Waals surface area contributed by atoms with Crippen molar-refractivity contribution in [2.45, 2.75) is 33.3 Å². The SMILES string of the molecule is Cc1csc(N(C(=O)OC(C)(C)C)c2ccc(C(=O)O)cc2)n1. The summed E-state index contributed by atoms with van der Waals surface area (Å²) in [5.41, 5.74) is 0.787. The number of aromatic nitrogens is 1. The molecule has 0 unspecified atom stereocenters. The minimum Gasteiger partial charge on any atom is -0.478 e. The number of thiazole rings is 1. The zero-order valence-corrected chi connectivity index (χ0v) is 14.2. The molecule has 0 bridgehead atoms. The second-order valence-electron chi connectivity index (χ2n) is 5.94. The molecule has 23 heavy (non-hydrogen) atoms. The van der Waals surface area contributed by atoms with Crippen LogP contribution in [0.3, 0.4) is 0 Å². The number of carbonyl (C=O) groups excluding carboxylic acids is 1. The Morgan fingerprint density at radius 1 is 1.22 bits per heavy atom. The molecule has 0 radical (unpaired) electrons. The van der Waals surface area contributed by atoms with Crippen molar-refractivity contribution in [3.8, 4) is 0 Å². The third-order valence-corrected chi connectivity index (χ3v) is 3.69. The van der Waals surface area contributed by atoms with Gasteiger partial charge in [-0.1, -0.05) is 0 Å². The number of anilines is 2. The smallest absolute Gasteiger partial charge is 0.421 e. The number of aryl methyl sites for hydroxylation is 1. The maximum atomic E-state index is 12.5. The maximum absolute atomic E-state index is 12.5. The molecule has 0 saturated heterocycles. The van der Waals surface area contributed by atoms with E-state index in [1.165, 1.54) is 28.4 Å². The highest BCUT2D eigenvalue weighted by Gasteiger charge is 2.27. The summed E-state index contributed by atoms with van der Waals surface area (Å²) in [6.45, 7) is 7.18. The number of carboxylic acid groups (broad SMARTS) is 1. The monoisotopic (exact) mass is 334 g/mol. The Kier molecular flexibility index (Phi) is 4.70. The molecule has 1 aromatic carbocycles. The van der Waals surface area contributed by atoms with Gasteiger partial charge in [-0.05, 0) is 52.0 Å². The van der Waals surface area contributed by atoms with Gasteiger partial charge in [0.05, 0.1) is 16.9 Å². The second-order valence-corrected chi connectivity index (χ2v) is 6.78. The summed E-state index contributed by atoms with van der Waals surface area (Å²) >= 11 is 1.31. The van der Waals surface area contributed by atoms with Crippen molar-refractivity contribution >= 4 is 34.2 Å². The predicted molar refractivity (Wildman–Crippen MR) is 88.6 cm³/mol.